The van der Waals surface area contributed by atoms with Crippen LogP contribution in [0.1, 0.15) is 50.4 Å². The number of benzene rings is 1. The van der Waals surface area contributed by atoms with Crippen molar-refractivity contribution < 1.29 is 14.0 Å². The van der Waals surface area contributed by atoms with E-state index in [-0.39, 0.29) is 29.7 Å². The van der Waals surface area contributed by atoms with Gasteiger partial charge in [0.25, 0.3) is 0 Å². The summed E-state index contributed by atoms with van der Waals surface area (Å²) < 4.78 is 13.6. The summed E-state index contributed by atoms with van der Waals surface area (Å²) in [5.41, 5.74) is 0.0326. The minimum Gasteiger partial charge on any atom is -0.348 e. The Morgan fingerprint density at radius 1 is 1.26 bits per heavy atom. The predicted octanol–water partition coefficient (Wildman–Crippen LogP) is 3.83. The number of halogens is 1. The van der Waals surface area contributed by atoms with Crippen molar-refractivity contribution in [3.8, 4) is 0 Å². The first-order chi connectivity index (χ1) is 10.9. The Balaban J connectivity index is 1.98. The molecule has 1 fully saturated rings. The van der Waals surface area contributed by atoms with Gasteiger partial charge in [-0.25, -0.2) is 4.39 Å². The van der Waals surface area contributed by atoms with Crippen molar-refractivity contribution in [1.29, 1.82) is 0 Å². The standard InChI is InChI=1S/C19H26FNO2/c1-12(2)14-9-8-13(3)10-16(14)19(23)21-11-18(22)15-6-4-5-7-17(15)20/h4-7,12-14,16H,8-11H2,1-3H3,(H,21,23)/t13-,14+,16-/m1/s1. The molecule has 0 aliphatic heterocycles. The van der Waals surface area contributed by atoms with Crippen molar-refractivity contribution in [3.63, 3.8) is 0 Å². The van der Waals surface area contributed by atoms with Crippen LogP contribution < -0.4 is 5.32 Å². The van der Waals surface area contributed by atoms with Crippen LogP contribution >= 0.6 is 0 Å². The van der Waals surface area contributed by atoms with Gasteiger partial charge in [-0.2, -0.15) is 0 Å². The first-order valence-corrected chi connectivity index (χ1v) is 8.45. The first kappa shape index (κ1) is 17.6. The fraction of sp³-hybridized carbons (Fsp3) is 0.579. The summed E-state index contributed by atoms with van der Waals surface area (Å²) in [6.07, 6.45) is 3.07. The second-order valence-corrected chi connectivity index (χ2v) is 7.05. The molecule has 126 valence electrons. The number of hydrogen-bond acceptors (Lipinski definition) is 2. The molecule has 3 nitrogen and oxygen atoms in total. The van der Waals surface area contributed by atoms with Crippen molar-refractivity contribution >= 4 is 11.7 Å². The highest BCUT2D eigenvalue weighted by molar-refractivity contribution is 5.99. The minimum atomic E-state index is -0.543. The van der Waals surface area contributed by atoms with Crippen molar-refractivity contribution in [1.82, 2.24) is 5.32 Å². The van der Waals surface area contributed by atoms with E-state index in [1.165, 1.54) is 12.1 Å². The molecule has 1 aromatic rings. The predicted molar refractivity (Wildman–Crippen MR) is 88.6 cm³/mol. The zero-order valence-electron chi connectivity index (χ0n) is 14.1. The Labute approximate surface area is 137 Å². The summed E-state index contributed by atoms with van der Waals surface area (Å²) in [5, 5.41) is 2.73. The van der Waals surface area contributed by atoms with Crippen molar-refractivity contribution in [3.05, 3.63) is 35.6 Å². The summed E-state index contributed by atoms with van der Waals surface area (Å²) in [6.45, 7) is 6.31. The van der Waals surface area contributed by atoms with Gasteiger partial charge in [0.1, 0.15) is 5.82 Å². The van der Waals surface area contributed by atoms with Crippen LogP contribution in [0.3, 0.4) is 0 Å². The largest absolute Gasteiger partial charge is 0.348 e. The number of rotatable bonds is 5. The quantitative estimate of drug-likeness (QED) is 0.838. The molecule has 0 aromatic heterocycles. The molecule has 0 unspecified atom stereocenters. The maximum Gasteiger partial charge on any atom is 0.223 e. The van der Waals surface area contributed by atoms with Crippen LogP contribution in [0.25, 0.3) is 0 Å². The van der Waals surface area contributed by atoms with E-state index in [0.717, 1.165) is 19.3 Å². The highest BCUT2D eigenvalue weighted by atomic mass is 19.1. The molecule has 0 heterocycles. The highest BCUT2D eigenvalue weighted by Gasteiger charge is 2.35. The number of ketones is 1. The monoisotopic (exact) mass is 319 g/mol. The van der Waals surface area contributed by atoms with Crippen LogP contribution in [0.2, 0.25) is 0 Å². The molecule has 2 rings (SSSR count). The molecular formula is C19H26FNO2. The molecule has 0 spiro atoms. The Bertz CT molecular complexity index is 570. The molecule has 1 amide bonds. The van der Waals surface area contributed by atoms with Gasteiger partial charge < -0.3 is 5.32 Å². The van der Waals surface area contributed by atoms with Gasteiger partial charge in [0.15, 0.2) is 5.78 Å². The van der Waals surface area contributed by atoms with Crippen LogP contribution in [0.5, 0.6) is 0 Å². The van der Waals surface area contributed by atoms with Gasteiger partial charge in [-0.05, 0) is 42.7 Å². The van der Waals surface area contributed by atoms with Crippen molar-refractivity contribution in [2.75, 3.05) is 6.54 Å². The number of carbonyl (C=O) groups excluding carboxylic acids is 2. The fourth-order valence-electron chi connectivity index (χ4n) is 3.58. The molecule has 0 radical (unpaired) electrons. The van der Waals surface area contributed by atoms with Gasteiger partial charge in [0.05, 0.1) is 12.1 Å². The highest BCUT2D eigenvalue weighted by Crippen LogP contribution is 2.38. The molecule has 3 atom stereocenters. The number of hydrogen-bond donors (Lipinski definition) is 1. The van der Waals surface area contributed by atoms with E-state index in [4.69, 9.17) is 0 Å². The van der Waals surface area contributed by atoms with E-state index < -0.39 is 5.82 Å². The summed E-state index contributed by atoms with van der Waals surface area (Å²) in [6, 6.07) is 5.87. The summed E-state index contributed by atoms with van der Waals surface area (Å²) in [7, 11) is 0. The zero-order chi connectivity index (χ0) is 17.0. The maximum absolute atomic E-state index is 13.6. The van der Waals surface area contributed by atoms with Crippen LogP contribution in [-0.2, 0) is 4.79 Å². The van der Waals surface area contributed by atoms with E-state index in [1.54, 1.807) is 12.1 Å². The van der Waals surface area contributed by atoms with Gasteiger partial charge in [-0.3, -0.25) is 9.59 Å². The van der Waals surface area contributed by atoms with E-state index in [0.29, 0.717) is 17.8 Å². The van der Waals surface area contributed by atoms with Crippen LogP contribution in [0.4, 0.5) is 4.39 Å². The third kappa shape index (κ3) is 4.40. The Morgan fingerprint density at radius 2 is 1.96 bits per heavy atom. The van der Waals surface area contributed by atoms with E-state index in [9.17, 15) is 14.0 Å². The average molecular weight is 319 g/mol. The second-order valence-electron chi connectivity index (χ2n) is 7.05. The number of carbonyl (C=O) groups is 2. The lowest BCUT2D eigenvalue weighted by molar-refractivity contribution is -0.129. The van der Waals surface area contributed by atoms with E-state index in [2.05, 4.69) is 26.1 Å². The maximum atomic E-state index is 13.6. The molecule has 1 aliphatic carbocycles. The van der Waals surface area contributed by atoms with Gasteiger partial charge in [0, 0.05) is 5.92 Å². The number of nitrogens with one attached hydrogen (secondary N) is 1. The Hall–Kier alpha value is -1.71. The van der Waals surface area contributed by atoms with E-state index >= 15 is 0 Å². The number of amides is 1. The minimum absolute atomic E-state index is 0.0326. The number of Topliss-reactive ketones (excluding diaryl/α,β-unsaturated/α-hetero) is 1. The molecule has 0 bridgehead atoms. The zero-order valence-corrected chi connectivity index (χ0v) is 14.1. The lowest BCUT2D eigenvalue weighted by Gasteiger charge is -2.36. The van der Waals surface area contributed by atoms with Crippen LogP contribution in [0.15, 0.2) is 24.3 Å². The Kier molecular flexibility index (Phi) is 5.91. The average Bonchev–Trinajstić information content (AvgIpc) is 2.52. The SMILES string of the molecule is CC(C)[C@@H]1CC[C@@H](C)C[C@H]1C(=O)NCC(=O)c1ccccc1F. The molecule has 1 saturated carbocycles. The third-order valence-corrected chi connectivity index (χ3v) is 4.96. The molecule has 4 heteroatoms. The van der Waals surface area contributed by atoms with Gasteiger partial charge in [-0.15, -0.1) is 0 Å². The van der Waals surface area contributed by atoms with Gasteiger partial charge >= 0.3 is 0 Å². The summed E-state index contributed by atoms with van der Waals surface area (Å²) in [4.78, 5) is 24.6. The normalized spacial score (nSPS) is 24.5. The molecule has 23 heavy (non-hydrogen) atoms. The summed E-state index contributed by atoms with van der Waals surface area (Å²) in [5.74, 6) is 0.282. The lowest BCUT2D eigenvalue weighted by atomic mass is 9.70. The Morgan fingerprint density at radius 3 is 2.61 bits per heavy atom. The van der Waals surface area contributed by atoms with E-state index in [1.807, 2.05) is 0 Å². The van der Waals surface area contributed by atoms with Gasteiger partial charge in [0.2, 0.25) is 5.91 Å². The second kappa shape index (κ2) is 7.71. The van der Waals surface area contributed by atoms with Crippen LogP contribution in [0, 0.1) is 29.5 Å². The molecule has 1 aliphatic rings. The van der Waals surface area contributed by atoms with Crippen LogP contribution in [-0.4, -0.2) is 18.2 Å². The molecular weight excluding hydrogens is 293 g/mol. The molecule has 0 saturated heterocycles. The third-order valence-electron chi connectivity index (χ3n) is 4.96. The smallest absolute Gasteiger partial charge is 0.223 e. The molecule has 1 aromatic carbocycles. The van der Waals surface area contributed by atoms with Crippen molar-refractivity contribution in [2.24, 2.45) is 23.7 Å². The fourth-order valence-corrected chi connectivity index (χ4v) is 3.58. The molecule has 1 N–H and O–H groups in total. The lowest BCUT2D eigenvalue weighted by Crippen LogP contribution is -2.42. The first-order valence-electron chi connectivity index (χ1n) is 8.45. The van der Waals surface area contributed by atoms with Gasteiger partial charge in [-0.1, -0.05) is 39.3 Å². The van der Waals surface area contributed by atoms with Crippen molar-refractivity contribution in [2.45, 2.75) is 40.0 Å². The summed E-state index contributed by atoms with van der Waals surface area (Å²) >= 11 is 0. The topological polar surface area (TPSA) is 46.2 Å².